The summed E-state index contributed by atoms with van der Waals surface area (Å²) < 4.78 is 0. The highest BCUT2D eigenvalue weighted by Crippen LogP contribution is 2.39. The van der Waals surface area contributed by atoms with Crippen molar-refractivity contribution in [2.24, 2.45) is 5.73 Å². The van der Waals surface area contributed by atoms with Gasteiger partial charge < -0.3 is 10.6 Å². The van der Waals surface area contributed by atoms with Crippen LogP contribution in [0.3, 0.4) is 0 Å². The monoisotopic (exact) mass is 254 g/mol. The van der Waals surface area contributed by atoms with Crippen LogP contribution in [0.4, 0.5) is 5.82 Å². The molecule has 2 heterocycles. The molecule has 1 saturated heterocycles. The van der Waals surface area contributed by atoms with Crippen LogP contribution in [0.25, 0.3) is 11.3 Å². The molecule has 2 aliphatic rings. The van der Waals surface area contributed by atoms with E-state index in [-0.39, 0.29) is 6.04 Å². The zero-order valence-corrected chi connectivity index (χ0v) is 10.9. The van der Waals surface area contributed by atoms with Crippen molar-refractivity contribution < 1.29 is 0 Å². The second-order valence-corrected chi connectivity index (χ2v) is 5.58. The van der Waals surface area contributed by atoms with Gasteiger partial charge >= 0.3 is 0 Å². The third-order valence-electron chi connectivity index (χ3n) is 4.26. The number of H-pyrrole nitrogens is 1. The van der Waals surface area contributed by atoms with Crippen molar-refractivity contribution in [3.05, 3.63) is 35.4 Å². The number of anilines is 1. The minimum absolute atomic E-state index is 0.282. The summed E-state index contributed by atoms with van der Waals surface area (Å²) in [5.41, 5.74) is 11.3. The van der Waals surface area contributed by atoms with Crippen molar-refractivity contribution in [1.29, 1.82) is 0 Å². The summed E-state index contributed by atoms with van der Waals surface area (Å²) in [6.07, 6.45) is 3.28. The summed E-state index contributed by atoms with van der Waals surface area (Å²) in [4.78, 5) is 2.34. The Morgan fingerprint density at radius 3 is 3.11 bits per heavy atom. The van der Waals surface area contributed by atoms with Gasteiger partial charge in [-0.1, -0.05) is 24.3 Å². The molecule has 19 heavy (non-hydrogen) atoms. The SMILES string of the molecule is NC1CCCN(c2n[nH]c3c2Cc2ccccc2-3)C1. The van der Waals surface area contributed by atoms with Crippen LogP contribution < -0.4 is 10.6 Å². The Bertz CT molecular complexity index is 616. The third kappa shape index (κ3) is 1.67. The van der Waals surface area contributed by atoms with Crippen LogP contribution in [-0.2, 0) is 6.42 Å². The number of aromatic nitrogens is 2. The van der Waals surface area contributed by atoms with Gasteiger partial charge in [-0.05, 0) is 18.4 Å². The van der Waals surface area contributed by atoms with Gasteiger partial charge in [0.1, 0.15) is 0 Å². The maximum absolute atomic E-state index is 6.08. The van der Waals surface area contributed by atoms with Gasteiger partial charge in [0.25, 0.3) is 0 Å². The van der Waals surface area contributed by atoms with Gasteiger partial charge in [-0.15, -0.1) is 0 Å². The van der Waals surface area contributed by atoms with Gasteiger partial charge in [-0.25, -0.2) is 0 Å². The van der Waals surface area contributed by atoms with Crippen molar-refractivity contribution in [1.82, 2.24) is 10.2 Å². The van der Waals surface area contributed by atoms with Gasteiger partial charge in [0, 0.05) is 36.7 Å². The van der Waals surface area contributed by atoms with E-state index in [1.165, 1.54) is 22.4 Å². The molecule has 1 aliphatic carbocycles. The van der Waals surface area contributed by atoms with E-state index in [1.54, 1.807) is 0 Å². The maximum atomic E-state index is 6.08. The van der Waals surface area contributed by atoms with Crippen LogP contribution in [0.1, 0.15) is 24.0 Å². The highest BCUT2D eigenvalue weighted by Gasteiger charge is 2.28. The van der Waals surface area contributed by atoms with Crippen molar-refractivity contribution in [2.75, 3.05) is 18.0 Å². The molecular formula is C15H18N4. The molecule has 1 fully saturated rings. The van der Waals surface area contributed by atoms with Crippen molar-refractivity contribution in [2.45, 2.75) is 25.3 Å². The van der Waals surface area contributed by atoms with Crippen molar-refractivity contribution >= 4 is 5.82 Å². The molecule has 0 amide bonds. The Hall–Kier alpha value is -1.81. The third-order valence-corrected chi connectivity index (χ3v) is 4.26. The number of benzene rings is 1. The lowest BCUT2D eigenvalue weighted by Crippen LogP contribution is -2.43. The molecule has 98 valence electrons. The number of aromatic amines is 1. The molecule has 0 saturated carbocycles. The van der Waals surface area contributed by atoms with Gasteiger partial charge in [0.15, 0.2) is 5.82 Å². The number of rotatable bonds is 1. The molecular weight excluding hydrogens is 236 g/mol. The molecule has 0 bridgehead atoms. The Labute approximate surface area is 112 Å². The van der Waals surface area contributed by atoms with Gasteiger partial charge in [0.05, 0.1) is 5.69 Å². The Kier molecular flexibility index (Phi) is 2.38. The number of fused-ring (bicyclic) bond motifs is 3. The quantitative estimate of drug-likeness (QED) is 0.697. The first-order chi connectivity index (χ1) is 9.33. The fourth-order valence-corrected chi connectivity index (χ4v) is 3.32. The molecule has 1 aromatic carbocycles. The summed E-state index contributed by atoms with van der Waals surface area (Å²) >= 11 is 0. The smallest absolute Gasteiger partial charge is 0.154 e. The molecule has 1 atom stereocenters. The van der Waals surface area contributed by atoms with E-state index < -0.39 is 0 Å². The van der Waals surface area contributed by atoms with Crippen LogP contribution in [0.2, 0.25) is 0 Å². The Balaban J connectivity index is 1.72. The molecule has 1 aromatic heterocycles. The molecule has 3 N–H and O–H groups in total. The van der Waals surface area contributed by atoms with Gasteiger partial charge in [-0.3, -0.25) is 5.10 Å². The second-order valence-electron chi connectivity index (χ2n) is 5.58. The van der Waals surface area contributed by atoms with E-state index in [4.69, 9.17) is 5.73 Å². The summed E-state index contributed by atoms with van der Waals surface area (Å²) in [6, 6.07) is 8.85. The zero-order chi connectivity index (χ0) is 12.8. The van der Waals surface area contributed by atoms with E-state index >= 15 is 0 Å². The fraction of sp³-hybridized carbons (Fsp3) is 0.400. The van der Waals surface area contributed by atoms with Crippen molar-refractivity contribution in [3.63, 3.8) is 0 Å². The molecule has 0 radical (unpaired) electrons. The minimum Gasteiger partial charge on any atom is -0.353 e. The summed E-state index contributed by atoms with van der Waals surface area (Å²) in [7, 11) is 0. The zero-order valence-electron chi connectivity index (χ0n) is 10.9. The van der Waals surface area contributed by atoms with Gasteiger partial charge in [-0.2, -0.15) is 5.10 Å². The predicted molar refractivity (Wildman–Crippen MR) is 76.3 cm³/mol. The molecule has 0 spiro atoms. The number of nitrogens with zero attached hydrogens (tertiary/aromatic N) is 2. The predicted octanol–water partition coefficient (Wildman–Crippen LogP) is 1.91. The number of hydrogen-bond acceptors (Lipinski definition) is 3. The number of piperidine rings is 1. The second kappa shape index (κ2) is 4.10. The molecule has 1 unspecified atom stereocenters. The summed E-state index contributed by atoms with van der Waals surface area (Å²) in [5.74, 6) is 1.11. The lowest BCUT2D eigenvalue weighted by Gasteiger charge is -2.31. The van der Waals surface area contributed by atoms with Crippen LogP contribution in [-0.4, -0.2) is 29.3 Å². The Morgan fingerprint density at radius 1 is 1.32 bits per heavy atom. The molecule has 4 rings (SSSR count). The van der Waals surface area contributed by atoms with E-state index in [0.29, 0.717) is 0 Å². The number of nitrogens with two attached hydrogens (primary N) is 1. The first-order valence-electron chi connectivity index (χ1n) is 6.99. The highest BCUT2D eigenvalue weighted by atomic mass is 15.3. The summed E-state index contributed by atoms with van der Waals surface area (Å²) in [5, 5.41) is 7.76. The average Bonchev–Trinajstić information content (AvgIpc) is 2.97. The molecule has 2 aromatic rings. The first-order valence-corrected chi connectivity index (χ1v) is 6.99. The topological polar surface area (TPSA) is 57.9 Å². The average molecular weight is 254 g/mol. The minimum atomic E-state index is 0.282. The van der Waals surface area contributed by atoms with E-state index in [9.17, 15) is 0 Å². The normalized spacial score (nSPS) is 21.3. The maximum Gasteiger partial charge on any atom is 0.154 e. The largest absolute Gasteiger partial charge is 0.353 e. The van der Waals surface area contributed by atoms with E-state index in [0.717, 1.165) is 38.2 Å². The van der Waals surface area contributed by atoms with E-state index in [2.05, 4.69) is 39.4 Å². The van der Waals surface area contributed by atoms with Crippen LogP contribution in [0, 0.1) is 0 Å². The number of hydrogen-bond donors (Lipinski definition) is 2. The van der Waals surface area contributed by atoms with Crippen LogP contribution in [0.15, 0.2) is 24.3 Å². The number of nitrogens with one attached hydrogen (secondary N) is 1. The lowest BCUT2D eigenvalue weighted by molar-refractivity contribution is 0.502. The van der Waals surface area contributed by atoms with E-state index in [1.807, 2.05) is 0 Å². The van der Waals surface area contributed by atoms with Crippen molar-refractivity contribution in [3.8, 4) is 11.3 Å². The molecule has 4 heteroatoms. The fourth-order valence-electron chi connectivity index (χ4n) is 3.32. The summed E-state index contributed by atoms with van der Waals surface area (Å²) in [6.45, 7) is 2.00. The standard InChI is InChI=1S/C15H18N4/c16-11-5-3-7-19(9-11)15-13-8-10-4-1-2-6-12(10)14(13)17-18-15/h1-2,4,6,11H,3,5,7-9,16H2,(H,17,18). The highest BCUT2D eigenvalue weighted by molar-refractivity contribution is 5.78. The molecule has 1 aliphatic heterocycles. The Morgan fingerprint density at radius 2 is 2.21 bits per heavy atom. The van der Waals surface area contributed by atoms with Crippen LogP contribution in [0.5, 0.6) is 0 Å². The molecule has 4 nitrogen and oxygen atoms in total. The lowest BCUT2D eigenvalue weighted by atomic mass is 10.1. The van der Waals surface area contributed by atoms with Gasteiger partial charge in [0.2, 0.25) is 0 Å². The first kappa shape index (κ1) is 11.1. The van der Waals surface area contributed by atoms with Crippen LogP contribution >= 0.6 is 0 Å².